The van der Waals surface area contributed by atoms with Crippen LogP contribution in [0.3, 0.4) is 0 Å². The van der Waals surface area contributed by atoms with E-state index in [0.717, 1.165) is 34.1 Å². The molecule has 2 aromatic carbocycles. The molecule has 100 heavy (non-hydrogen) atoms. The number of halogens is 2. The number of carboxylic acid groups (broad SMARTS) is 2. The van der Waals surface area contributed by atoms with Gasteiger partial charge < -0.3 is 110 Å². The number of imide groups is 1. The Morgan fingerprint density at radius 1 is 0.800 bits per heavy atom. The third-order valence-corrected chi connectivity index (χ3v) is 17.2. The lowest BCUT2D eigenvalue weighted by Crippen LogP contribution is -2.64. The number of anilines is 1. The van der Waals surface area contributed by atoms with Crippen molar-refractivity contribution in [2.45, 2.75) is 139 Å². The second-order valence-corrected chi connectivity index (χ2v) is 23.7. The van der Waals surface area contributed by atoms with Crippen LogP contribution in [0.25, 0.3) is 22.3 Å². The zero-order chi connectivity index (χ0) is 73.1. The summed E-state index contributed by atoms with van der Waals surface area (Å²) in [5.41, 5.74) is -1.62. The van der Waals surface area contributed by atoms with Gasteiger partial charge in [0.05, 0.1) is 41.8 Å². The summed E-state index contributed by atoms with van der Waals surface area (Å²) >= 11 is 0. The van der Waals surface area contributed by atoms with Crippen LogP contribution in [0, 0.1) is 18.6 Å². The molecule has 8 amide bonds. The van der Waals surface area contributed by atoms with Crippen LogP contribution in [0.1, 0.15) is 66.8 Å². The molecule has 2 fully saturated rings. The van der Waals surface area contributed by atoms with Crippen molar-refractivity contribution in [3.8, 4) is 22.9 Å². The molecule has 12 N–H and O–H groups in total. The van der Waals surface area contributed by atoms with Crippen molar-refractivity contribution in [2.75, 3.05) is 52.7 Å². The minimum Gasteiger partial charge on any atom is -0.493 e. The minimum absolute atomic E-state index is 0.0000258. The van der Waals surface area contributed by atoms with Gasteiger partial charge in [0.15, 0.2) is 30.0 Å². The number of aryl methyl sites for hydroxylation is 1. The number of aliphatic hydroxyl groups excluding tert-OH is 6. The van der Waals surface area contributed by atoms with Gasteiger partial charge in [-0.25, -0.2) is 33.3 Å². The van der Waals surface area contributed by atoms with E-state index in [1.807, 2.05) is 0 Å². The van der Waals surface area contributed by atoms with Crippen LogP contribution >= 0.6 is 0 Å². The number of ether oxygens (including phenoxy) is 7. The maximum Gasteiger partial charge on any atom is 0.411 e. The van der Waals surface area contributed by atoms with Gasteiger partial charge in [0.1, 0.15) is 68.2 Å². The molecule has 5 aliphatic rings. The molecule has 0 aliphatic carbocycles. The highest BCUT2D eigenvalue weighted by molar-refractivity contribution is 6.14. The molecule has 0 spiro atoms. The van der Waals surface area contributed by atoms with Crippen molar-refractivity contribution < 1.29 is 136 Å². The molecular weight excluding hydrogens is 1340 g/mol. The van der Waals surface area contributed by atoms with Gasteiger partial charge in [-0.2, -0.15) is 4.39 Å². The number of benzene rings is 2. The maximum absolute atomic E-state index is 14.9. The normalized spacial score (nSPS) is 23.8. The number of aromatic nitrogens is 2. The number of hydrogen-bond donors (Lipinski definition) is 12. The number of amides is 8. The van der Waals surface area contributed by atoms with Crippen molar-refractivity contribution in [3.63, 3.8) is 0 Å². The fourth-order valence-electron chi connectivity index (χ4n) is 11.6. The van der Waals surface area contributed by atoms with E-state index in [1.165, 1.54) is 50.9 Å². The molecular formula is C62H69F2N9O27. The van der Waals surface area contributed by atoms with Gasteiger partial charge in [0.25, 0.3) is 17.4 Å². The molecule has 0 bridgehead atoms. The average molecular weight is 1410 g/mol. The summed E-state index contributed by atoms with van der Waals surface area (Å²) < 4.78 is 69.2. The summed E-state index contributed by atoms with van der Waals surface area (Å²) in [5, 5.41) is 90.6. The highest BCUT2D eigenvalue weighted by Gasteiger charge is 2.52. The number of nitrogens with one attached hydrogen (secondary N) is 4. The van der Waals surface area contributed by atoms with E-state index < -0.39 is 195 Å². The van der Waals surface area contributed by atoms with Crippen molar-refractivity contribution in [1.29, 1.82) is 0 Å². The molecule has 0 unspecified atom stereocenters. The highest BCUT2D eigenvalue weighted by atomic mass is 19.2. The topological polar surface area (TPSA) is 507 Å². The smallest absolute Gasteiger partial charge is 0.411 e. The van der Waals surface area contributed by atoms with Crippen molar-refractivity contribution >= 4 is 82.1 Å². The van der Waals surface area contributed by atoms with Crippen LogP contribution in [-0.2, 0) is 92.2 Å². The van der Waals surface area contributed by atoms with E-state index in [1.54, 1.807) is 6.92 Å². The molecule has 0 radical (unpaired) electrons. The summed E-state index contributed by atoms with van der Waals surface area (Å²) in [5.74, 6) is -13.2. The van der Waals surface area contributed by atoms with Crippen molar-refractivity contribution in [3.05, 3.63) is 92.3 Å². The molecule has 38 heteroatoms. The number of esters is 1. The Labute approximate surface area is 562 Å². The number of methoxy groups -OCH3 is 1. The Morgan fingerprint density at radius 2 is 1.45 bits per heavy atom. The van der Waals surface area contributed by atoms with E-state index >= 15 is 0 Å². The van der Waals surface area contributed by atoms with E-state index in [-0.39, 0.29) is 95.1 Å². The zero-order valence-corrected chi connectivity index (χ0v) is 53.7. The lowest BCUT2D eigenvalue weighted by atomic mass is 9.85. The number of carbonyl (C=O) groups excluding carboxylic acids is 9. The molecule has 0 saturated carbocycles. The van der Waals surface area contributed by atoms with E-state index in [0.29, 0.717) is 16.0 Å². The minimum atomic E-state index is -2.19. The number of cyclic esters (lactones) is 1. The van der Waals surface area contributed by atoms with Crippen molar-refractivity contribution in [1.82, 2.24) is 40.2 Å². The number of hydrogen-bond acceptors (Lipinski definition) is 26. The van der Waals surface area contributed by atoms with Gasteiger partial charge in [0, 0.05) is 81.3 Å². The van der Waals surface area contributed by atoms with Crippen LogP contribution in [-0.4, -0.2) is 245 Å². The Bertz CT molecular complexity index is 4060. The van der Waals surface area contributed by atoms with Crippen molar-refractivity contribution in [2.24, 2.45) is 0 Å². The van der Waals surface area contributed by atoms with Crippen LogP contribution in [0.5, 0.6) is 11.5 Å². The predicted octanol–water partition coefficient (Wildman–Crippen LogP) is -2.68. The predicted molar refractivity (Wildman–Crippen MR) is 327 cm³/mol. The quantitative estimate of drug-likeness (QED) is 0.0161. The maximum atomic E-state index is 14.9. The number of aliphatic hydroxyl groups is 6. The lowest BCUT2D eigenvalue weighted by Gasteiger charge is -2.38. The molecule has 2 aromatic heterocycles. The first-order chi connectivity index (χ1) is 47.3. The number of pyridine rings is 2. The molecule has 36 nitrogen and oxygen atoms in total. The van der Waals surface area contributed by atoms with Crippen LogP contribution in [0.2, 0.25) is 0 Å². The molecule has 12 atom stereocenters. The Kier molecular flexibility index (Phi) is 22.5. The zero-order valence-electron chi connectivity index (χ0n) is 53.7. The summed E-state index contributed by atoms with van der Waals surface area (Å²) in [6, 6.07) is 4.45. The Hall–Kier alpha value is -10.4. The standard InChI is InChI=1S/C62H69F2N9O27/c1-6-62(29-19-34-43-27(21-72(34)55(86)28(29)24-95-59(62)91)25(2)41-33(68-43)20-30(63)42(64)50(41)94-5)100-61(93)71(4)17-16-70(3)60(92)96-23-26-10-11-35(97-58-49(84)45(80)47(82)52(99-58)57(89)90)32(18-26)67-37(75)14-15-65-53(85)31(66-38(76)22-73-39(77)12-13-40(73)78)8-7-9-36(74)69-54-48(83)44(79)46(81)51(98-54)56(87)88/h10-13,18-20,31,44-49,51-52,54,58,79-84H,6-9,14-17,21-24H2,1-5H3,(H,65,85)(H,66,76)(H,67,75)(H,69,74)(H,87,88)(H,89,90)/t31-,44-,45-,46-,47-,48+,49+,51-,52-,54+,58+,62-/m0/s1. The van der Waals surface area contributed by atoms with Gasteiger partial charge in [-0.1, -0.05) is 13.0 Å². The van der Waals surface area contributed by atoms with Crippen LogP contribution in [0.4, 0.5) is 24.1 Å². The fraction of sp³-hybridized carbons (Fsp3) is 0.468. The van der Waals surface area contributed by atoms with E-state index in [2.05, 4.69) is 26.3 Å². The lowest BCUT2D eigenvalue weighted by molar-refractivity contribution is -0.271. The Morgan fingerprint density at radius 3 is 2.10 bits per heavy atom. The fourth-order valence-corrected chi connectivity index (χ4v) is 11.6. The SMILES string of the molecule is CC[C@@]1(OC(=O)N(C)CCN(C)C(=O)OCc2ccc(O[C@@H]3O[C@H](C(=O)O)[C@@H](O)[C@H](O)[C@H]3O)c(NC(=O)CCNC(=O)[C@H](CCCC(=O)N[C@@H]3O[C@H](C(=O)O)[C@@H](O)[C@H](O)[C@H]3O)NC(=O)CN3C(=O)C=CC3=O)c2)C(=O)OCc2c1cc1n(c2=O)Cc2c-1nc1cc(F)c(F)c(OC)c1c2C. The van der Waals surface area contributed by atoms with Gasteiger partial charge in [-0.3, -0.25) is 38.5 Å². The first kappa shape index (κ1) is 73.9. The van der Waals surface area contributed by atoms with Crippen LogP contribution < -0.4 is 36.3 Å². The van der Waals surface area contributed by atoms with Gasteiger partial charge >= 0.3 is 30.1 Å². The summed E-state index contributed by atoms with van der Waals surface area (Å²) in [6.07, 6.45) is -22.6. The molecule has 7 heterocycles. The second-order valence-electron chi connectivity index (χ2n) is 23.7. The van der Waals surface area contributed by atoms with Crippen LogP contribution in [0.15, 0.2) is 47.3 Å². The molecule has 2 saturated heterocycles. The number of nitrogens with zero attached hydrogens (tertiary/aromatic N) is 5. The van der Waals surface area contributed by atoms with Gasteiger partial charge in [-0.05, 0) is 55.5 Å². The van der Waals surface area contributed by atoms with E-state index in [4.69, 9.17) is 33.2 Å². The number of likely N-dealkylation sites (N-methyl/N-ethyl adjacent to an activating group) is 2. The first-order valence-corrected chi connectivity index (χ1v) is 30.8. The molecule has 4 aromatic rings. The molecule has 9 rings (SSSR count). The summed E-state index contributed by atoms with van der Waals surface area (Å²) in [4.78, 5) is 164. The number of aliphatic carboxylic acids is 2. The van der Waals surface area contributed by atoms with Gasteiger partial charge in [0.2, 0.25) is 41.3 Å². The number of fused-ring (bicyclic) bond motifs is 5. The summed E-state index contributed by atoms with van der Waals surface area (Å²) in [6.45, 7) is 0.210. The van der Waals surface area contributed by atoms with Gasteiger partial charge in [-0.15, -0.1) is 0 Å². The third-order valence-electron chi connectivity index (χ3n) is 17.2. The molecule has 538 valence electrons. The third kappa shape index (κ3) is 15.1. The van der Waals surface area contributed by atoms with E-state index in [9.17, 15) is 107 Å². The molecule has 5 aliphatic heterocycles. The Balaban J connectivity index is 0.841. The first-order valence-electron chi connectivity index (χ1n) is 30.8. The average Bonchev–Trinajstić information content (AvgIpc) is 1.49. The highest BCUT2D eigenvalue weighted by Crippen LogP contribution is 2.44. The number of carbonyl (C=O) groups is 11. The summed E-state index contributed by atoms with van der Waals surface area (Å²) in [7, 11) is 3.77. The number of rotatable bonds is 25. The largest absolute Gasteiger partial charge is 0.493 e. The number of carboxylic acids is 2. The monoisotopic (exact) mass is 1410 g/mol. The second kappa shape index (κ2) is 30.4.